The molecule has 0 radical (unpaired) electrons. The molecule has 1 N–H and O–H groups in total. The van der Waals surface area contributed by atoms with Crippen molar-refractivity contribution in [3.05, 3.63) is 35.4 Å². The molecule has 1 unspecified atom stereocenters. The molecule has 2 nitrogen and oxygen atoms in total. The van der Waals surface area contributed by atoms with E-state index in [4.69, 9.17) is 0 Å². The highest BCUT2D eigenvalue weighted by Crippen LogP contribution is 2.22. The van der Waals surface area contributed by atoms with Crippen LogP contribution >= 0.6 is 0 Å². The van der Waals surface area contributed by atoms with E-state index in [1.54, 1.807) is 0 Å². The second-order valence-electron chi connectivity index (χ2n) is 5.71. The quantitative estimate of drug-likeness (QED) is 0.797. The summed E-state index contributed by atoms with van der Waals surface area (Å²) in [6, 6.07) is 9.65. The highest BCUT2D eigenvalue weighted by Gasteiger charge is 2.13. The summed E-state index contributed by atoms with van der Waals surface area (Å²) < 4.78 is 0. The van der Waals surface area contributed by atoms with Gasteiger partial charge in [0.05, 0.1) is 0 Å². The van der Waals surface area contributed by atoms with Gasteiger partial charge in [-0.3, -0.25) is 0 Å². The first kappa shape index (κ1) is 15.2. The maximum Gasteiger partial charge on any atom is 0.0354 e. The summed E-state index contributed by atoms with van der Waals surface area (Å²) in [5.74, 6) is 0.727. The van der Waals surface area contributed by atoms with Crippen LogP contribution < -0.4 is 5.32 Å². The first-order valence-corrected chi connectivity index (χ1v) is 6.94. The van der Waals surface area contributed by atoms with E-state index >= 15 is 0 Å². The van der Waals surface area contributed by atoms with E-state index < -0.39 is 0 Å². The van der Waals surface area contributed by atoms with E-state index in [0.717, 1.165) is 18.9 Å². The smallest absolute Gasteiger partial charge is 0.0354 e. The van der Waals surface area contributed by atoms with Gasteiger partial charge in [-0.15, -0.1) is 0 Å². The van der Waals surface area contributed by atoms with Crippen molar-refractivity contribution in [1.29, 1.82) is 0 Å². The third kappa shape index (κ3) is 4.79. The van der Waals surface area contributed by atoms with Crippen LogP contribution in [0, 0.1) is 5.92 Å². The molecule has 0 aliphatic carbocycles. The molecule has 102 valence electrons. The summed E-state index contributed by atoms with van der Waals surface area (Å²) in [5, 5.41) is 3.23. The molecule has 0 saturated heterocycles. The highest BCUT2D eigenvalue weighted by molar-refractivity contribution is 5.25. The molecule has 18 heavy (non-hydrogen) atoms. The molecule has 0 aliphatic heterocycles. The monoisotopic (exact) mass is 248 g/mol. The van der Waals surface area contributed by atoms with Crippen LogP contribution in [0.4, 0.5) is 0 Å². The van der Waals surface area contributed by atoms with E-state index in [2.05, 4.69) is 62.4 Å². The molecule has 1 aromatic rings. The summed E-state index contributed by atoms with van der Waals surface area (Å²) in [5.41, 5.74) is 2.86. The fourth-order valence-corrected chi connectivity index (χ4v) is 2.35. The molecule has 0 aromatic heterocycles. The fourth-order valence-electron chi connectivity index (χ4n) is 2.35. The Morgan fingerprint density at radius 1 is 1.11 bits per heavy atom. The zero-order valence-corrected chi connectivity index (χ0v) is 12.5. The van der Waals surface area contributed by atoms with E-state index in [1.165, 1.54) is 17.5 Å². The van der Waals surface area contributed by atoms with Crippen molar-refractivity contribution < 1.29 is 0 Å². The molecule has 0 aliphatic rings. The van der Waals surface area contributed by atoms with Gasteiger partial charge in [-0.1, -0.05) is 38.1 Å². The Labute approximate surface area is 112 Å². The van der Waals surface area contributed by atoms with Gasteiger partial charge in [0.15, 0.2) is 0 Å². The van der Waals surface area contributed by atoms with Crippen LogP contribution in [0.3, 0.4) is 0 Å². The molecular formula is C16H28N2. The fraction of sp³-hybridized carbons (Fsp3) is 0.625. The van der Waals surface area contributed by atoms with E-state index in [9.17, 15) is 0 Å². The lowest BCUT2D eigenvalue weighted by Crippen LogP contribution is -2.23. The van der Waals surface area contributed by atoms with Crippen LogP contribution in [0.1, 0.15) is 37.4 Å². The number of rotatable bonds is 7. The van der Waals surface area contributed by atoms with Crippen molar-refractivity contribution in [1.82, 2.24) is 10.2 Å². The molecule has 0 amide bonds. The van der Waals surface area contributed by atoms with Gasteiger partial charge >= 0.3 is 0 Å². The molecule has 1 aromatic carbocycles. The Hall–Kier alpha value is -0.860. The summed E-state index contributed by atoms with van der Waals surface area (Å²) in [6.45, 7) is 5.59. The lowest BCUT2D eigenvalue weighted by molar-refractivity contribution is 0.283. The minimum atomic E-state index is 0.505. The Bertz CT molecular complexity index is 327. The molecule has 1 atom stereocenters. The second kappa shape index (κ2) is 7.55. The van der Waals surface area contributed by atoms with E-state index in [0.29, 0.717) is 6.04 Å². The van der Waals surface area contributed by atoms with Gasteiger partial charge < -0.3 is 10.2 Å². The van der Waals surface area contributed by atoms with Gasteiger partial charge in [0.2, 0.25) is 0 Å². The molecule has 2 heteroatoms. The average molecular weight is 248 g/mol. The van der Waals surface area contributed by atoms with Gasteiger partial charge in [0, 0.05) is 6.04 Å². The van der Waals surface area contributed by atoms with E-state index in [1.807, 2.05) is 7.05 Å². The summed E-state index contributed by atoms with van der Waals surface area (Å²) in [7, 11) is 6.32. The van der Waals surface area contributed by atoms with Crippen molar-refractivity contribution >= 4 is 0 Å². The van der Waals surface area contributed by atoms with Crippen LogP contribution in [0.5, 0.6) is 0 Å². The van der Waals surface area contributed by atoms with Crippen molar-refractivity contribution in [2.75, 3.05) is 27.7 Å². The average Bonchev–Trinajstić information content (AvgIpc) is 2.30. The van der Waals surface area contributed by atoms with Crippen molar-refractivity contribution in [3.63, 3.8) is 0 Å². The second-order valence-corrected chi connectivity index (χ2v) is 5.71. The Morgan fingerprint density at radius 2 is 1.72 bits per heavy atom. The number of nitrogens with one attached hydrogen (secondary N) is 1. The first-order valence-electron chi connectivity index (χ1n) is 6.94. The third-order valence-electron chi connectivity index (χ3n) is 3.30. The van der Waals surface area contributed by atoms with Gasteiger partial charge in [-0.25, -0.2) is 0 Å². The summed E-state index contributed by atoms with van der Waals surface area (Å²) in [6.07, 6.45) is 2.32. The summed E-state index contributed by atoms with van der Waals surface area (Å²) in [4.78, 5) is 2.30. The lowest BCUT2D eigenvalue weighted by Gasteiger charge is -2.25. The maximum absolute atomic E-state index is 3.23. The largest absolute Gasteiger partial charge is 0.320 e. The van der Waals surface area contributed by atoms with Crippen LogP contribution in [0.25, 0.3) is 0 Å². The van der Waals surface area contributed by atoms with Crippen LogP contribution in [-0.4, -0.2) is 32.6 Å². The lowest BCUT2D eigenvalue weighted by atomic mass is 9.97. The molecule has 0 bridgehead atoms. The number of nitrogens with zero attached hydrogens (tertiary/aromatic N) is 1. The Balaban J connectivity index is 2.73. The third-order valence-corrected chi connectivity index (χ3v) is 3.30. The molecule has 0 saturated carbocycles. The number of benzene rings is 1. The van der Waals surface area contributed by atoms with Crippen molar-refractivity contribution in [2.45, 2.75) is 32.7 Å². The Morgan fingerprint density at radius 3 is 2.17 bits per heavy atom. The van der Waals surface area contributed by atoms with Crippen LogP contribution in [0.15, 0.2) is 24.3 Å². The van der Waals surface area contributed by atoms with Crippen LogP contribution in [0.2, 0.25) is 0 Å². The maximum atomic E-state index is 3.23. The minimum Gasteiger partial charge on any atom is -0.320 e. The van der Waals surface area contributed by atoms with Gasteiger partial charge in [0.25, 0.3) is 0 Å². The molecule has 1 rings (SSSR count). The number of hydrogen-bond acceptors (Lipinski definition) is 2. The van der Waals surface area contributed by atoms with Gasteiger partial charge in [0.1, 0.15) is 0 Å². The Kier molecular flexibility index (Phi) is 6.37. The first-order chi connectivity index (χ1) is 8.54. The minimum absolute atomic E-state index is 0.505. The predicted molar refractivity (Wildman–Crippen MR) is 80.0 cm³/mol. The van der Waals surface area contributed by atoms with Crippen LogP contribution in [-0.2, 0) is 6.42 Å². The highest BCUT2D eigenvalue weighted by atomic mass is 15.1. The molecule has 0 heterocycles. The summed E-state index contributed by atoms with van der Waals surface area (Å²) >= 11 is 0. The van der Waals surface area contributed by atoms with Crippen molar-refractivity contribution in [2.24, 2.45) is 5.92 Å². The zero-order chi connectivity index (χ0) is 13.5. The molecule has 0 fully saturated rings. The number of hydrogen-bond donors (Lipinski definition) is 1. The van der Waals surface area contributed by atoms with Gasteiger partial charge in [-0.05, 0) is 57.6 Å². The molecule has 0 spiro atoms. The van der Waals surface area contributed by atoms with E-state index in [-0.39, 0.29) is 0 Å². The predicted octanol–water partition coefficient (Wildman–Crippen LogP) is 3.10. The SMILES string of the molecule is CNCCC(c1ccc(CC(C)C)cc1)N(C)C. The standard InChI is InChI=1S/C16H28N2/c1-13(2)12-14-6-8-15(9-7-14)16(18(4)5)10-11-17-3/h6-9,13,16-17H,10-12H2,1-5H3. The topological polar surface area (TPSA) is 15.3 Å². The zero-order valence-electron chi connectivity index (χ0n) is 12.5. The van der Waals surface area contributed by atoms with Gasteiger partial charge in [-0.2, -0.15) is 0 Å². The normalized spacial score (nSPS) is 13.3. The van der Waals surface area contributed by atoms with Crippen molar-refractivity contribution in [3.8, 4) is 0 Å². The molecular weight excluding hydrogens is 220 g/mol.